The lowest BCUT2D eigenvalue weighted by Crippen LogP contribution is -2.38. The van der Waals surface area contributed by atoms with Crippen molar-refractivity contribution in [3.05, 3.63) is 22.3 Å². The largest absolute Gasteiger partial charge is 0.309 e. The molecule has 1 aromatic heterocycles. The molecule has 4 rings (SSSR count). The summed E-state index contributed by atoms with van der Waals surface area (Å²) in [6.07, 6.45) is 4.63. The number of amides is 1. The predicted octanol–water partition coefficient (Wildman–Crippen LogP) is 2.41. The number of pyridine rings is 1. The zero-order valence-corrected chi connectivity index (χ0v) is 12.1. The number of anilines is 1. The molecule has 2 heterocycles. The minimum absolute atomic E-state index is 0.0309. The van der Waals surface area contributed by atoms with Crippen LogP contribution in [0.15, 0.2) is 16.7 Å². The van der Waals surface area contributed by atoms with Crippen molar-refractivity contribution in [1.29, 1.82) is 0 Å². The molecule has 0 spiro atoms. The molecule has 3 fully saturated rings. The molecular weight excluding hydrogens is 306 g/mol. The maximum absolute atomic E-state index is 12.3. The molecule has 1 aromatic rings. The number of halogens is 1. The van der Waals surface area contributed by atoms with Gasteiger partial charge in [0, 0.05) is 6.04 Å². The van der Waals surface area contributed by atoms with Crippen molar-refractivity contribution < 1.29 is 4.79 Å². The van der Waals surface area contributed by atoms with E-state index in [0.29, 0.717) is 12.0 Å². The van der Waals surface area contributed by atoms with Gasteiger partial charge < -0.3 is 10.6 Å². The summed E-state index contributed by atoms with van der Waals surface area (Å²) in [7, 11) is 0. The Labute approximate surface area is 120 Å². The predicted molar refractivity (Wildman–Crippen MR) is 76.0 cm³/mol. The lowest BCUT2D eigenvalue weighted by molar-refractivity contribution is -0.118. The van der Waals surface area contributed by atoms with Crippen LogP contribution in [0.5, 0.6) is 0 Å². The van der Waals surface area contributed by atoms with Gasteiger partial charge in [-0.3, -0.25) is 4.79 Å². The van der Waals surface area contributed by atoms with E-state index in [0.717, 1.165) is 22.8 Å². The van der Waals surface area contributed by atoms with Crippen molar-refractivity contribution >= 4 is 27.7 Å². The first-order chi connectivity index (χ1) is 9.20. The van der Waals surface area contributed by atoms with Crippen LogP contribution in [0.2, 0.25) is 0 Å². The van der Waals surface area contributed by atoms with E-state index in [1.165, 1.54) is 24.8 Å². The van der Waals surface area contributed by atoms with E-state index in [9.17, 15) is 4.79 Å². The zero-order valence-electron chi connectivity index (χ0n) is 10.5. The Kier molecular flexibility index (Phi) is 2.67. The summed E-state index contributed by atoms with van der Waals surface area (Å²) in [6.45, 7) is 0. The van der Waals surface area contributed by atoms with Crippen LogP contribution < -0.4 is 10.6 Å². The monoisotopic (exact) mass is 321 g/mol. The van der Waals surface area contributed by atoms with Crippen LogP contribution in [0.3, 0.4) is 0 Å². The number of aromatic nitrogens is 1. The van der Waals surface area contributed by atoms with Crippen molar-refractivity contribution in [3.8, 4) is 0 Å². The van der Waals surface area contributed by atoms with Crippen LogP contribution in [0.1, 0.15) is 37.2 Å². The minimum Gasteiger partial charge on any atom is -0.309 e. The SMILES string of the molecule is O=C(Nc1nc(Br)ccc1C1CC1)[C@@H]1C[C@H]2C[C@H]2N1. The number of carbonyl (C=O) groups is 1. The maximum atomic E-state index is 12.3. The second kappa shape index (κ2) is 4.28. The highest BCUT2D eigenvalue weighted by molar-refractivity contribution is 9.10. The Balaban J connectivity index is 1.52. The molecule has 100 valence electrons. The van der Waals surface area contributed by atoms with Gasteiger partial charge in [-0.1, -0.05) is 6.07 Å². The summed E-state index contributed by atoms with van der Waals surface area (Å²) in [5.74, 6) is 2.12. The summed E-state index contributed by atoms with van der Waals surface area (Å²) in [4.78, 5) is 16.7. The van der Waals surface area contributed by atoms with Crippen LogP contribution >= 0.6 is 15.9 Å². The van der Waals surface area contributed by atoms with Gasteiger partial charge in [-0.15, -0.1) is 0 Å². The third-order valence-electron chi connectivity index (χ3n) is 4.34. The number of nitrogens with zero attached hydrogens (tertiary/aromatic N) is 1. The molecule has 2 aliphatic carbocycles. The molecule has 1 amide bonds. The van der Waals surface area contributed by atoms with Gasteiger partial charge in [0.15, 0.2) is 0 Å². The summed E-state index contributed by atoms with van der Waals surface area (Å²) in [6, 6.07) is 4.58. The van der Waals surface area contributed by atoms with Crippen molar-refractivity contribution in [2.75, 3.05) is 5.32 Å². The second-order valence-corrected chi connectivity index (χ2v) is 6.71. The molecule has 0 radical (unpaired) electrons. The van der Waals surface area contributed by atoms with E-state index < -0.39 is 0 Å². The number of hydrogen-bond donors (Lipinski definition) is 2. The van der Waals surface area contributed by atoms with E-state index in [4.69, 9.17) is 0 Å². The van der Waals surface area contributed by atoms with Crippen molar-refractivity contribution in [2.45, 2.75) is 43.7 Å². The van der Waals surface area contributed by atoms with E-state index in [-0.39, 0.29) is 11.9 Å². The lowest BCUT2D eigenvalue weighted by Gasteiger charge is -2.15. The average Bonchev–Trinajstić information content (AvgIpc) is 3.30. The summed E-state index contributed by atoms with van der Waals surface area (Å²) >= 11 is 3.38. The molecular formula is C14H16BrN3O. The van der Waals surface area contributed by atoms with Gasteiger partial charge in [-0.05, 0) is 65.1 Å². The maximum Gasteiger partial charge on any atom is 0.242 e. The Bertz CT molecular complexity index is 533. The van der Waals surface area contributed by atoms with Crippen LogP contribution in [0.25, 0.3) is 0 Å². The number of piperidine rings is 1. The van der Waals surface area contributed by atoms with E-state index >= 15 is 0 Å². The first-order valence-electron chi connectivity index (χ1n) is 6.94. The fourth-order valence-electron chi connectivity index (χ4n) is 3.00. The molecule has 2 saturated carbocycles. The summed E-state index contributed by atoms with van der Waals surface area (Å²) < 4.78 is 0.773. The molecule has 1 aliphatic heterocycles. The molecule has 19 heavy (non-hydrogen) atoms. The second-order valence-electron chi connectivity index (χ2n) is 5.89. The number of rotatable bonds is 3. The average molecular weight is 322 g/mol. The van der Waals surface area contributed by atoms with Crippen molar-refractivity contribution in [3.63, 3.8) is 0 Å². The van der Waals surface area contributed by atoms with Gasteiger partial charge in [0.2, 0.25) is 5.91 Å². The molecule has 2 N–H and O–H groups in total. The van der Waals surface area contributed by atoms with Gasteiger partial charge in [0.25, 0.3) is 0 Å². The Morgan fingerprint density at radius 1 is 1.37 bits per heavy atom. The van der Waals surface area contributed by atoms with Gasteiger partial charge in [-0.2, -0.15) is 0 Å². The third-order valence-corrected chi connectivity index (χ3v) is 4.79. The van der Waals surface area contributed by atoms with E-state index in [1.54, 1.807) is 0 Å². The first-order valence-corrected chi connectivity index (χ1v) is 7.73. The first kappa shape index (κ1) is 11.9. The summed E-state index contributed by atoms with van der Waals surface area (Å²) in [5.41, 5.74) is 1.18. The number of fused-ring (bicyclic) bond motifs is 1. The van der Waals surface area contributed by atoms with Gasteiger partial charge in [0.05, 0.1) is 6.04 Å². The molecule has 3 atom stereocenters. The highest BCUT2D eigenvalue weighted by Gasteiger charge is 2.48. The minimum atomic E-state index is -0.0309. The molecule has 5 heteroatoms. The quantitative estimate of drug-likeness (QED) is 0.841. The Hall–Kier alpha value is -0.940. The van der Waals surface area contributed by atoms with Gasteiger partial charge in [0.1, 0.15) is 10.4 Å². The fourth-order valence-corrected chi connectivity index (χ4v) is 3.31. The zero-order chi connectivity index (χ0) is 13.0. The van der Waals surface area contributed by atoms with Crippen molar-refractivity contribution in [1.82, 2.24) is 10.3 Å². The molecule has 1 saturated heterocycles. The highest BCUT2D eigenvalue weighted by Crippen LogP contribution is 2.44. The normalized spacial score (nSPS) is 31.9. The van der Waals surface area contributed by atoms with E-state index in [1.807, 2.05) is 6.07 Å². The van der Waals surface area contributed by atoms with Crippen molar-refractivity contribution in [2.24, 2.45) is 5.92 Å². The standard InChI is InChI=1S/C14H16BrN3O/c15-12-4-3-9(7-1-2-7)13(17-12)18-14(19)11-6-8-5-10(8)16-11/h3-4,7-8,10-11,16H,1-2,5-6H2,(H,17,18,19)/t8-,10-,11+/m1/s1. The van der Waals surface area contributed by atoms with Crippen LogP contribution in [-0.4, -0.2) is 23.0 Å². The van der Waals surface area contributed by atoms with E-state index in [2.05, 4.69) is 37.6 Å². The fraction of sp³-hybridized carbons (Fsp3) is 0.571. The number of hydrogen-bond acceptors (Lipinski definition) is 3. The van der Waals surface area contributed by atoms with Crippen LogP contribution in [-0.2, 0) is 4.79 Å². The van der Waals surface area contributed by atoms with Crippen LogP contribution in [0, 0.1) is 5.92 Å². The highest BCUT2D eigenvalue weighted by atomic mass is 79.9. The third kappa shape index (κ3) is 2.30. The number of carbonyl (C=O) groups excluding carboxylic acids is 1. The smallest absolute Gasteiger partial charge is 0.242 e. The molecule has 4 nitrogen and oxygen atoms in total. The molecule has 0 aromatic carbocycles. The molecule has 3 aliphatic rings. The van der Waals surface area contributed by atoms with Gasteiger partial charge >= 0.3 is 0 Å². The van der Waals surface area contributed by atoms with Gasteiger partial charge in [-0.25, -0.2) is 4.98 Å². The molecule has 0 bridgehead atoms. The van der Waals surface area contributed by atoms with Crippen LogP contribution in [0.4, 0.5) is 5.82 Å². The Morgan fingerprint density at radius 3 is 2.89 bits per heavy atom. The summed E-state index contributed by atoms with van der Waals surface area (Å²) in [5, 5.41) is 6.39. The molecule has 0 unspecified atom stereocenters. The number of nitrogens with one attached hydrogen (secondary N) is 2. The topological polar surface area (TPSA) is 54.0 Å². The Morgan fingerprint density at radius 2 is 2.21 bits per heavy atom. The lowest BCUT2D eigenvalue weighted by atomic mass is 10.1.